The number of anilines is 4. The predicted molar refractivity (Wildman–Crippen MR) is 142 cm³/mol. The van der Waals surface area contributed by atoms with Gasteiger partial charge in [0.05, 0.1) is 30.7 Å². The molecule has 1 amide bonds. The first-order chi connectivity index (χ1) is 18.8. The van der Waals surface area contributed by atoms with Gasteiger partial charge in [-0.2, -0.15) is 4.98 Å². The molecule has 3 fully saturated rings. The van der Waals surface area contributed by atoms with E-state index in [-0.39, 0.29) is 17.2 Å². The van der Waals surface area contributed by atoms with Crippen molar-refractivity contribution in [2.24, 2.45) is 5.41 Å². The number of nitrogens with one attached hydrogen (secondary N) is 2. The lowest BCUT2D eigenvalue weighted by Crippen LogP contribution is -2.66. The molecule has 11 nitrogen and oxygen atoms in total. The molecular formula is C26H25FN8O3S. The van der Waals surface area contributed by atoms with E-state index in [0.29, 0.717) is 51.0 Å². The molecule has 0 bridgehead atoms. The van der Waals surface area contributed by atoms with E-state index < -0.39 is 6.17 Å². The minimum absolute atomic E-state index is 0.284. The molecule has 0 radical (unpaired) electrons. The second-order valence-corrected chi connectivity index (χ2v) is 11.5. The summed E-state index contributed by atoms with van der Waals surface area (Å²) < 4.78 is 23.9. The fourth-order valence-corrected chi connectivity index (χ4v) is 5.54. The van der Waals surface area contributed by atoms with E-state index >= 15 is 0 Å². The van der Waals surface area contributed by atoms with Gasteiger partial charge >= 0.3 is 0 Å². The molecule has 0 unspecified atom stereocenters. The topological polar surface area (TPSA) is 131 Å². The highest BCUT2D eigenvalue weighted by atomic mass is 32.1. The summed E-state index contributed by atoms with van der Waals surface area (Å²) in [5.41, 5.74) is 2.43. The first-order valence-corrected chi connectivity index (χ1v) is 13.5. The molecule has 1 aliphatic carbocycles. The number of carbonyl (C=O) groups is 1. The van der Waals surface area contributed by atoms with Crippen LogP contribution in [-0.2, 0) is 4.74 Å². The number of amides is 1. The molecule has 2 saturated heterocycles. The Morgan fingerprint density at radius 2 is 2.00 bits per heavy atom. The first-order valence-electron chi connectivity index (χ1n) is 12.7. The molecule has 7 rings (SSSR count). The summed E-state index contributed by atoms with van der Waals surface area (Å²) in [5.74, 6) is 2.20. The third-order valence-electron chi connectivity index (χ3n) is 7.20. The number of nitrogens with zero attached hydrogens (tertiary/aromatic N) is 6. The summed E-state index contributed by atoms with van der Waals surface area (Å²) in [6.45, 7) is 7.23. The Morgan fingerprint density at radius 3 is 2.74 bits per heavy atom. The number of benzene rings is 1. The normalized spacial score (nSPS) is 20.8. The number of hydrogen-bond acceptors (Lipinski definition) is 11. The summed E-state index contributed by atoms with van der Waals surface area (Å²) in [6, 6.07) is 7.38. The molecule has 39 heavy (non-hydrogen) atoms. The van der Waals surface area contributed by atoms with Crippen LogP contribution in [0.25, 0.3) is 11.4 Å². The quantitative estimate of drug-likeness (QED) is 0.345. The fraction of sp³-hybridized carbons (Fsp3) is 0.385. The van der Waals surface area contributed by atoms with Gasteiger partial charge in [-0.05, 0) is 31.9 Å². The highest BCUT2D eigenvalue weighted by molar-refractivity contribution is 7.17. The number of alkyl halides is 1. The van der Waals surface area contributed by atoms with Gasteiger partial charge in [0, 0.05) is 30.4 Å². The highest BCUT2D eigenvalue weighted by Crippen LogP contribution is 2.43. The van der Waals surface area contributed by atoms with Gasteiger partial charge in [-0.25, -0.2) is 19.3 Å². The number of aromatic nitrogens is 5. The van der Waals surface area contributed by atoms with E-state index in [1.807, 2.05) is 32.0 Å². The van der Waals surface area contributed by atoms with Crippen LogP contribution < -0.4 is 15.5 Å². The molecule has 2 N–H and O–H groups in total. The van der Waals surface area contributed by atoms with Gasteiger partial charge in [-0.3, -0.25) is 4.79 Å². The lowest BCUT2D eigenvalue weighted by atomic mass is 9.78. The SMILES string of the molecule is Cc1nc(Nc2ncc(C(=O)Nc3cc(-c4noc([C@H]5C[C@@H]5F)n4)ccc3C)s2)cc(N2CC3(COC3)C2)n1. The van der Waals surface area contributed by atoms with Gasteiger partial charge in [-0.1, -0.05) is 28.6 Å². The number of carbonyl (C=O) groups excluding carboxylic acids is 1. The van der Waals surface area contributed by atoms with E-state index in [9.17, 15) is 9.18 Å². The van der Waals surface area contributed by atoms with E-state index in [0.717, 1.165) is 37.7 Å². The van der Waals surface area contributed by atoms with Crippen LogP contribution in [0.4, 0.5) is 26.8 Å². The third-order valence-corrected chi connectivity index (χ3v) is 8.11. The Bertz CT molecular complexity index is 1580. The molecule has 1 spiro atoms. The Balaban J connectivity index is 1.03. The van der Waals surface area contributed by atoms with Crippen LogP contribution in [0.3, 0.4) is 0 Å². The van der Waals surface area contributed by atoms with Crippen molar-refractivity contribution in [1.29, 1.82) is 0 Å². The molecule has 13 heteroatoms. The number of halogens is 1. The Kier molecular flexibility index (Phi) is 5.60. The number of rotatable bonds is 7. The van der Waals surface area contributed by atoms with E-state index in [1.165, 1.54) is 17.5 Å². The third kappa shape index (κ3) is 4.61. The van der Waals surface area contributed by atoms with Crippen molar-refractivity contribution in [3.8, 4) is 11.4 Å². The van der Waals surface area contributed by atoms with Crippen molar-refractivity contribution in [3.05, 3.63) is 52.6 Å². The molecular weight excluding hydrogens is 523 g/mol. The zero-order chi connectivity index (χ0) is 26.7. The van der Waals surface area contributed by atoms with E-state index in [4.69, 9.17) is 9.26 Å². The van der Waals surface area contributed by atoms with Crippen LogP contribution in [0.5, 0.6) is 0 Å². The summed E-state index contributed by atoms with van der Waals surface area (Å²) in [5, 5.41) is 10.7. The smallest absolute Gasteiger partial charge is 0.267 e. The largest absolute Gasteiger partial charge is 0.380 e. The first kappa shape index (κ1) is 24.1. The molecule has 2 atom stereocenters. The van der Waals surface area contributed by atoms with Crippen LogP contribution in [0.15, 0.2) is 35.0 Å². The molecule has 1 saturated carbocycles. The Hall–Kier alpha value is -3.97. The zero-order valence-corrected chi connectivity index (χ0v) is 22.1. The minimum Gasteiger partial charge on any atom is -0.380 e. The number of thiazole rings is 1. The second kappa shape index (κ2) is 9.06. The molecule has 3 aliphatic rings. The average molecular weight is 549 g/mol. The van der Waals surface area contributed by atoms with Crippen LogP contribution in [0, 0.1) is 19.3 Å². The fourth-order valence-electron chi connectivity index (χ4n) is 4.83. The van der Waals surface area contributed by atoms with Crippen LogP contribution in [0.2, 0.25) is 0 Å². The molecule has 5 heterocycles. The van der Waals surface area contributed by atoms with Crippen molar-refractivity contribution < 1.29 is 18.4 Å². The molecule has 3 aromatic heterocycles. The van der Waals surface area contributed by atoms with E-state index in [1.54, 1.807) is 6.07 Å². The van der Waals surface area contributed by atoms with Gasteiger partial charge in [0.2, 0.25) is 11.7 Å². The number of aryl methyl sites for hydroxylation is 2. The lowest BCUT2D eigenvalue weighted by Gasteiger charge is -2.55. The molecule has 4 aromatic rings. The monoisotopic (exact) mass is 548 g/mol. The van der Waals surface area contributed by atoms with Crippen LogP contribution >= 0.6 is 11.3 Å². The summed E-state index contributed by atoms with van der Waals surface area (Å²) in [6.07, 6.45) is 1.02. The Morgan fingerprint density at radius 1 is 1.18 bits per heavy atom. The van der Waals surface area contributed by atoms with Crippen molar-refractivity contribution in [3.63, 3.8) is 0 Å². The van der Waals surface area contributed by atoms with Gasteiger partial charge < -0.3 is 24.8 Å². The second-order valence-electron chi connectivity index (χ2n) is 10.5. The van der Waals surface area contributed by atoms with Gasteiger partial charge in [0.15, 0.2) is 5.13 Å². The van der Waals surface area contributed by atoms with Crippen LogP contribution in [0.1, 0.15) is 39.3 Å². The number of hydrogen-bond donors (Lipinski definition) is 2. The number of ether oxygens (including phenoxy) is 1. The average Bonchev–Trinajstić information content (AvgIpc) is 3.21. The van der Waals surface area contributed by atoms with Crippen molar-refractivity contribution in [1.82, 2.24) is 25.1 Å². The molecule has 200 valence electrons. The standard InChI is InChI=1S/C26H25FN8O3S/c1-13-3-4-15(22-33-24(38-34-22)16-6-17(16)27)5-18(13)31-23(36)19-8-28-25(39-19)32-20-7-21(30-14(2)29-20)35-9-26(10-35)11-37-12-26/h3-5,7-8,16-17H,6,9-12H2,1-2H3,(H,31,36)(H,28,29,30,32)/t16-,17-/m0/s1. The van der Waals surface area contributed by atoms with Gasteiger partial charge in [0.1, 0.15) is 28.5 Å². The summed E-state index contributed by atoms with van der Waals surface area (Å²) in [7, 11) is 0. The Labute approximate surface area is 226 Å². The maximum absolute atomic E-state index is 13.3. The van der Waals surface area contributed by atoms with Crippen molar-refractivity contribution in [2.75, 3.05) is 41.8 Å². The lowest BCUT2D eigenvalue weighted by molar-refractivity contribution is -0.127. The summed E-state index contributed by atoms with van der Waals surface area (Å²) >= 11 is 1.23. The maximum Gasteiger partial charge on any atom is 0.267 e. The van der Waals surface area contributed by atoms with E-state index in [2.05, 4.69) is 40.6 Å². The van der Waals surface area contributed by atoms with Gasteiger partial charge in [-0.15, -0.1) is 0 Å². The minimum atomic E-state index is -0.916. The highest BCUT2D eigenvalue weighted by Gasteiger charge is 2.49. The zero-order valence-electron chi connectivity index (χ0n) is 21.3. The maximum atomic E-state index is 13.3. The predicted octanol–water partition coefficient (Wildman–Crippen LogP) is 4.26. The van der Waals surface area contributed by atoms with Crippen LogP contribution in [-0.4, -0.2) is 63.5 Å². The summed E-state index contributed by atoms with van der Waals surface area (Å²) in [4.78, 5) is 33.5. The van der Waals surface area contributed by atoms with Crippen molar-refractivity contribution in [2.45, 2.75) is 32.4 Å². The van der Waals surface area contributed by atoms with Crippen molar-refractivity contribution >= 4 is 39.7 Å². The molecule has 1 aromatic carbocycles. The van der Waals surface area contributed by atoms with Gasteiger partial charge in [0.25, 0.3) is 5.91 Å². The molecule has 2 aliphatic heterocycles.